The molecule has 0 spiro atoms. The van der Waals surface area contributed by atoms with Crippen LogP contribution in [0.5, 0.6) is 0 Å². The summed E-state index contributed by atoms with van der Waals surface area (Å²) in [5.41, 5.74) is 5.13. The van der Waals surface area contributed by atoms with Crippen LogP contribution in [-0.2, 0) is 27.2 Å². The smallest absolute Gasteiger partial charge is 0.482 e. The van der Waals surface area contributed by atoms with E-state index in [9.17, 15) is 4.79 Å². The fourth-order valence-corrected chi connectivity index (χ4v) is 0.700. The van der Waals surface area contributed by atoms with Gasteiger partial charge in [0.2, 0.25) is 0 Å². The zero-order chi connectivity index (χ0) is 7.28. The molecule has 64 valence electrons. The molecule has 0 radical (unpaired) electrons. The monoisotopic (exact) mass is 345 g/mol. The first-order valence-corrected chi connectivity index (χ1v) is 3.88. The first-order valence-electron chi connectivity index (χ1n) is 2.49. The minimum atomic E-state index is -0.968. The van der Waals surface area contributed by atoms with Crippen molar-refractivity contribution < 1.29 is 32.3 Å². The summed E-state index contributed by atoms with van der Waals surface area (Å²) >= 11 is 1.55. The third-order valence-corrected chi connectivity index (χ3v) is 1.33. The van der Waals surface area contributed by atoms with Gasteiger partial charge in [0.25, 0.3) is 5.97 Å². The summed E-state index contributed by atoms with van der Waals surface area (Å²) in [4.78, 5) is 10.0. The van der Waals surface area contributed by atoms with E-state index in [1.165, 1.54) is 0 Å². The van der Waals surface area contributed by atoms with E-state index in [0.29, 0.717) is 5.75 Å². The Kier molecular flexibility index (Phi) is 10.0. The molecule has 0 aromatic carbocycles. The third kappa shape index (κ3) is 6.64. The summed E-state index contributed by atoms with van der Waals surface area (Å²) in [6.45, 7) is 0. The van der Waals surface area contributed by atoms with Crippen molar-refractivity contribution in [2.24, 2.45) is 5.73 Å². The second-order valence-corrected chi connectivity index (χ2v) is 2.47. The number of rotatable bonds is 4. The van der Waals surface area contributed by atoms with Gasteiger partial charge in [-0.2, -0.15) is 11.8 Å². The molecule has 0 fully saturated rings. The molecule has 0 saturated heterocycles. The Bertz CT molecular complexity index is 102. The molecule has 0 heterocycles. The molecule has 0 aliphatic carbocycles. The summed E-state index contributed by atoms with van der Waals surface area (Å²) in [7, 11) is 0. The van der Waals surface area contributed by atoms with Gasteiger partial charge in [0.1, 0.15) is 0 Å². The van der Waals surface area contributed by atoms with Gasteiger partial charge in [-0.3, -0.25) is 11.2 Å². The van der Waals surface area contributed by atoms with Gasteiger partial charge in [-0.1, -0.05) is 0 Å². The number of hydrogen-bond acceptors (Lipinski definition) is 3. The average Bonchev–Trinajstić information content (AvgIpc) is 1.82. The summed E-state index contributed by atoms with van der Waals surface area (Å²) < 4.78 is 0. The van der Waals surface area contributed by atoms with Crippen molar-refractivity contribution in [2.45, 2.75) is 6.04 Å². The van der Waals surface area contributed by atoms with E-state index in [4.69, 9.17) is 10.8 Å². The number of carboxylic acids is 1. The second kappa shape index (κ2) is 7.63. The van der Waals surface area contributed by atoms with Crippen LogP contribution in [0.15, 0.2) is 0 Å². The molecule has 3 N–H and O–H groups in total. The molecular weight excluding hydrogens is 335 g/mol. The van der Waals surface area contributed by atoms with Crippen LogP contribution in [0.1, 0.15) is 0 Å². The number of hydrogen-bond donors (Lipinski definition) is 2. The standard InChI is InChI=1S/C5H10NO2S.Au/c1-9-3-2-4(6)5(7)8;/h2,4H,3,6H2,1H3,(H,7,8);/q-1;+1/t4-;/m0./s1. The van der Waals surface area contributed by atoms with Crippen molar-refractivity contribution in [2.75, 3.05) is 12.0 Å². The van der Waals surface area contributed by atoms with E-state index in [0.717, 1.165) is 0 Å². The number of nitrogens with two attached hydrogens (primary N) is 1. The Labute approximate surface area is 80.3 Å². The van der Waals surface area contributed by atoms with E-state index >= 15 is 0 Å². The number of carboxylic acid groups (broad SMARTS) is 1. The van der Waals surface area contributed by atoms with Crippen molar-refractivity contribution in [1.29, 1.82) is 0 Å². The van der Waals surface area contributed by atoms with E-state index in [1.54, 1.807) is 18.2 Å². The summed E-state index contributed by atoms with van der Waals surface area (Å²) in [5.74, 6) is -0.281. The SMILES string of the molecule is CSC[CH-][C@H](N)C(=O)O.[Au+]. The maximum atomic E-state index is 10.0. The molecule has 0 saturated carbocycles. The van der Waals surface area contributed by atoms with Crippen molar-refractivity contribution in [3.8, 4) is 0 Å². The molecule has 0 rings (SSSR count). The van der Waals surface area contributed by atoms with Gasteiger partial charge >= 0.3 is 22.4 Å². The zero-order valence-electron chi connectivity index (χ0n) is 5.50. The predicted molar refractivity (Wildman–Crippen MR) is 38.3 cm³/mol. The minimum absolute atomic E-state index is 0. The maximum Gasteiger partial charge on any atom is 1.00 e. The predicted octanol–water partition coefficient (Wildman–Crippen LogP) is -0.0369. The van der Waals surface area contributed by atoms with Crippen LogP contribution in [0.3, 0.4) is 0 Å². The zero-order valence-corrected chi connectivity index (χ0v) is 8.49. The quantitative estimate of drug-likeness (QED) is 0.555. The van der Waals surface area contributed by atoms with E-state index < -0.39 is 12.0 Å². The van der Waals surface area contributed by atoms with Crippen molar-refractivity contribution in [3.05, 3.63) is 6.42 Å². The van der Waals surface area contributed by atoms with Crippen LogP contribution in [0, 0.1) is 6.42 Å². The van der Waals surface area contributed by atoms with Crippen LogP contribution in [0.25, 0.3) is 0 Å². The number of thioether (sulfide) groups is 1. The van der Waals surface area contributed by atoms with E-state index in [2.05, 4.69) is 0 Å². The molecule has 0 aromatic rings. The Morgan fingerprint density at radius 2 is 2.40 bits per heavy atom. The van der Waals surface area contributed by atoms with Crippen LogP contribution in [-0.4, -0.2) is 29.1 Å². The molecule has 0 unspecified atom stereocenters. The van der Waals surface area contributed by atoms with Crippen molar-refractivity contribution >= 4 is 17.7 Å². The van der Waals surface area contributed by atoms with Gasteiger partial charge in [-0.15, -0.1) is 5.75 Å². The molecule has 5 heteroatoms. The van der Waals surface area contributed by atoms with E-state index in [1.807, 2.05) is 6.26 Å². The number of aliphatic carboxylic acids is 1. The molecule has 0 amide bonds. The fraction of sp³-hybridized carbons (Fsp3) is 0.600. The molecule has 1 atom stereocenters. The minimum Gasteiger partial charge on any atom is -0.482 e. The summed E-state index contributed by atoms with van der Waals surface area (Å²) in [6, 6.07) is -0.808. The van der Waals surface area contributed by atoms with Crippen LogP contribution in [0.4, 0.5) is 0 Å². The van der Waals surface area contributed by atoms with Crippen molar-refractivity contribution in [1.82, 2.24) is 0 Å². The first kappa shape index (κ1) is 13.1. The Morgan fingerprint density at radius 3 is 2.70 bits per heavy atom. The Balaban J connectivity index is 0. The molecule has 3 nitrogen and oxygen atoms in total. The van der Waals surface area contributed by atoms with Crippen LogP contribution < -0.4 is 5.73 Å². The molecule has 0 bridgehead atoms. The van der Waals surface area contributed by atoms with E-state index in [-0.39, 0.29) is 22.4 Å². The molecule has 0 aromatic heterocycles. The normalized spacial score (nSPS) is 11.8. The van der Waals surface area contributed by atoms with Gasteiger partial charge in [-0.25, -0.2) is 0 Å². The largest absolute Gasteiger partial charge is 1.00 e. The van der Waals surface area contributed by atoms with Crippen molar-refractivity contribution in [3.63, 3.8) is 0 Å². The molecular formula is C5H10AuNO2S. The Hall–Kier alpha value is 0.520. The van der Waals surface area contributed by atoms with Gasteiger partial charge in [0.15, 0.2) is 0 Å². The summed E-state index contributed by atoms with van der Waals surface area (Å²) in [6.07, 6.45) is 3.46. The van der Waals surface area contributed by atoms with Gasteiger partial charge in [0, 0.05) is 0 Å². The average molecular weight is 345 g/mol. The fourth-order valence-electron chi connectivity index (χ4n) is 0.301. The first-order chi connectivity index (χ1) is 4.18. The number of carbonyl (C=O) groups is 1. The van der Waals surface area contributed by atoms with Crippen LogP contribution >= 0.6 is 11.8 Å². The summed E-state index contributed by atoms with van der Waals surface area (Å²) in [5, 5.41) is 8.24. The van der Waals surface area contributed by atoms with Gasteiger partial charge in [-0.05, 0) is 12.3 Å². The molecule has 10 heavy (non-hydrogen) atoms. The third-order valence-electron chi connectivity index (χ3n) is 0.802. The maximum absolute atomic E-state index is 10.0. The molecule has 0 aliphatic heterocycles. The molecule has 0 aliphatic rings. The Morgan fingerprint density at radius 1 is 1.90 bits per heavy atom. The topological polar surface area (TPSA) is 63.3 Å². The van der Waals surface area contributed by atoms with Gasteiger partial charge < -0.3 is 10.8 Å². The van der Waals surface area contributed by atoms with Crippen LogP contribution in [0.2, 0.25) is 0 Å². The van der Waals surface area contributed by atoms with Gasteiger partial charge in [0.05, 0.1) is 0 Å². The second-order valence-electron chi connectivity index (χ2n) is 1.56.